The predicted octanol–water partition coefficient (Wildman–Crippen LogP) is 1.96. The minimum atomic E-state index is -0.340. The summed E-state index contributed by atoms with van der Waals surface area (Å²) in [6, 6.07) is 0. The maximum atomic E-state index is 10.9. The Morgan fingerprint density at radius 2 is 2.47 bits per heavy atom. The van der Waals surface area contributed by atoms with Crippen molar-refractivity contribution in [3.63, 3.8) is 0 Å². The van der Waals surface area contributed by atoms with Crippen molar-refractivity contribution in [3.8, 4) is 0 Å². The van der Waals surface area contributed by atoms with Crippen molar-refractivity contribution in [1.29, 1.82) is 0 Å². The molecular formula is C10H13ClN2O2. The fraction of sp³-hybridized carbons (Fsp3) is 0.400. The molecule has 0 atom stereocenters. The summed E-state index contributed by atoms with van der Waals surface area (Å²) in [6.07, 6.45) is 4.78. The summed E-state index contributed by atoms with van der Waals surface area (Å²) in [4.78, 5) is 10.9. The molecule has 1 heterocycles. The van der Waals surface area contributed by atoms with Crippen molar-refractivity contribution in [2.75, 3.05) is 6.61 Å². The molecule has 5 heteroatoms. The highest BCUT2D eigenvalue weighted by Gasteiger charge is 1.99. The van der Waals surface area contributed by atoms with E-state index in [0.29, 0.717) is 18.2 Å². The molecule has 1 rings (SSSR count). The number of carbonyl (C=O) groups is 1. The zero-order valence-corrected chi connectivity index (χ0v) is 9.49. The number of esters is 1. The molecular weight excluding hydrogens is 216 g/mol. The zero-order valence-electron chi connectivity index (χ0n) is 8.74. The van der Waals surface area contributed by atoms with E-state index in [0.717, 1.165) is 5.69 Å². The Morgan fingerprint density at radius 1 is 1.73 bits per heavy atom. The lowest BCUT2D eigenvalue weighted by atomic mass is 10.5. The van der Waals surface area contributed by atoms with Gasteiger partial charge in [0.15, 0.2) is 0 Å². The number of rotatable bonds is 4. The minimum Gasteiger partial charge on any atom is -0.463 e. The van der Waals surface area contributed by atoms with Crippen LogP contribution in [0.5, 0.6) is 0 Å². The van der Waals surface area contributed by atoms with Gasteiger partial charge in [0.05, 0.1) is 23.9 Å². The first-order valence-corrected chi connectivity index (χ1v) is 5.04. The average molecular weight is 229 g/mol. The van der Waals surface area contributed by atoms with Crippen molar-refractivity contribution >= 4 is 17.6 Å². The molecule has 0 bridgehead atoms. The largest absolute Gasteiger partial charge is 0.463 e. The van der Waals surface area contributed by atoms with Gasteiger partial charge in [-0.2, -0.15) is 5.10 Å². The molecule has 0 saturated heterocycles. The van der Waals surface area contributed by atoms with Crippen LogP contribution in [0.25, 0.3) is 0 Å². The van der Waals surface area contributed by atoms with Crippen LogP contribution < -0.4 is 0 Å². The normalized spacial score (nSPS) is 10.9. The number of ether oxygens (including phenoxy) is 1. The molecule has 0 radical (unpaired) electrons. The van der Waals surface area contributed by atoms with E-state index in [2.05, 4.69) is 5.10 Å². The molecule has 82 valence electrons. The molecule has 0 amide bonds. The van der Waals surface area contributed by atoms with Gasteiger partial charge in [0.1, 0.15) is 0 Å². The lowest BCUT2D eigenvalue weighted by Crippen LogP contribution is -2.01. The van der Waals surface area contributed by atoms with Gasteiger partial charge in [0.25, 0.3) is 0 Å². The van der Waals surface area contributed by atoms with E-state index >= 15 is 0 Å². The van der Waals surface area contributed by atoms with Gasteiger partial charge in [-0.05, 0) is 13.8 Å². The fourth-order valence-electron chi connectivity index (χ4n) is 1.03. The molecule has 0 aromatic carbocycles. The van der Waals surface area contributed by atoms with E-state index in [1.54, 1.807) is 23.9 Å². The highest BCUT2D eigenvalue weighted by molar-refractivity contribution is 6.31. The van der Waals surface area contributed by atoms with Gasteiger partial charge in [0.2, 0.25) is 0 Å². The number of nitrogens with zero attached hydrogens (tertiary/aromatic N) is 2. The molecule has 0 N–H and O–H groups in total. The summed E-state index contributed by atoms with van der Waals surface area (Å²) < 4.78 is 6.39. The Balaban J connectivity index is 2.46. The fourth-order valence-corrected chi connectivity index (χ4v) is 1.18. The third-order valence-electron chi connectivity index (χ3n) is 1.72. The molecule has 0 aliphatic carbocycles. The molecule has 0 fully saturated rings. The number of halogens is 1. The number of hydrogen-bond acceptors (Lipinski definition) is 3. The van der Waals surface area contributed by atoms with E-state index < -0.39 is 0 Å². The first kappa shape index (κ1) is 11.8. The van der Waals surface area contributed by atoms with E-state index in [1.807, 2.05) is 6.92 Å². The number of allylic oxidation sites excluding steroid dienone is 1. The van der Waals surface area contributed by atoms with Crippen LogP contribution in [0.3, 0.4) is 0 Å². The highest BCUT2D eigenvalue weighted by Crippen LogP contribution is 2.11. The molecule has 0 unspecified atom stereocenters. The number of aryl methyl sites for hydroxylation is 1. The van der Waals surface area contributed by atoms with Crippen LogP contribution in [0, 0.1) is 6.92 Å². The second kappa shape index (κ2) is 5.56. The SMILES string of the molecule is CCOC(=O)/C=C/Cn1cc(Cl)c(C)n1. The summed E-state index contributed by atoms with van der Waals surface area (Å²) in [5.74, 6) is -0.340. The van der Waals surface area contributed by atoms with E-state index in [-0.39, 0.29) is 5.97 Å². The molecule has 0 aliphatic rings. The molecule has 4 nitrogen and oxygen atoms in total. The maximum Gasteiger partial charge on any atom is 0.330 e. The summed E-state index contributed by atoms with van der Waals surface area (Å²) in [6.45, 7) is 4.48. The summed E-state index contributed by atoms with van der Waals surface area (Å²) in [5, 5.41) is 4.76. The Hall–Kier alpha value is -1.29. The standard InChI is InChI=1S/C10H13ClN2O2/c1-3-15-10(14)5-4-6-13-7-9(11)8(2)12-13/h4-5,7H,3,6H2,1-2H3/b5-4+. The molecule has 0 aliphatic heterocycles. The first-order valence-electron chi connectivity index (χ1n) is 4.66. The van der Waals surface area contributed by atoms with E-state index in [9.17, 15) is 4.79 Å². The first-order chi connectivity index (χ1) is 7.13. The molecule has 15 heavy (non-hydrogen) atoms. The second-order valence-electron chi connectivity index (χ2n) is 2.94. The summed E-state index contributed by atoms with van der Waals surface area (Å²) in [5.41, 5.74) is 0.779. The Kier molecular flexibility index (Phi) is 4.37. The summed E-state index contributed by atoms with van der Waals surface area (Å²) in [7, 11) is 0. The smallest absolute Gasteiger partial charge is 0.330 e. The van der Waals surface area contributed by atoms with Gasteiger partial charge < -0.3 is 4.74 Å². The van der Waals surface area contributed by atoms with E-state index in [1.165, 1.54) is 6.08 Å². The lowest BCUT2D eigenvalue weighted by Gasteiger charge is -1.95. The predicted molar refractivity (Wildman–Crippen MR) is 57.7 cm³/mol. The topological polar surface area (TPSA) is 44.1 Å². The van der Waals surface area contributed by atoms with Crippen LogP contribution in [0.4, 0.5) is 0 Å². The number of carbonyl (C=O) groups excluding carboxylic acids is 1. The van der Waals surface area contributed by atoms with Gasteiger partial charge in [-0.1, -0.05) is 17.7 Å². The lowest BCUT2D eigenvalue weighted by molar-refractivity contribution is -0.137. The highest BCUT2D eigenvalue weighted by atomic mass is 35.5. The third kappa shape index (κ3) is 3.75. The van der Waals surface area contributed by atoms with Crippen LogP contribution in [0.2, 0.25) is 5.02 Å². The Morgan fingerprint density at radius 3 is 3.00 bits per heavy atom. The van der Waals surface area contributed by atoms with Crippen molar-refractivity contribution in [1.82, 2.24) is 9.78 Å². The van der Waals surface area contributed by atoms with Gasteiger partial charge >= 0.3 is 5.97 Å². The van der Waals surface area contributed by atoms with Crippen molar-refractivity contribution in [2.45, 2.75) is 20.4 Å². The van der Waals surface area contributed by atoms with Crippen molar-refractivity contribution < 1.29 is 9.53 Å². The van der Waals surface area contributed by atoms with Crippen LogP contribution in [-0.2, 0) is 16.1 Å². The number of hydrogen-bond donors (Lipinski definition) is 0. The molecule has 0 spiro atoms. The van der Waals surface area contributed by atoms with Crippen LogP contribution >= 0.6 is 11.6 Å². The van der Waals surface area contributed by atoms with E-state index in [4.69, 9.17) is 16.3 Å². The molecule has 1 aromatic rings. The number of aromatic nitrogens is 2. The van der Waals surface area contributed by atoms with Crippen molar-refractivity contribution in [2.24, 2.45) is 0 Å². The monoisotopic (exact) mass is 228 g/mol. The third-order valence-corrected chi connectivity index (χ3v) is 2.09. The zero-order chi connectivity index (χ0) is 11.3. The van der Waals surface area contributed by atoms with Crippen LogP contribution in [-0.4, -0.2) is 22.4 Å². The van der Waals surface area contributed by atoms with Crippen molar-refractivity contribution in [3.05, 3.63) is 29.1 Å². The van der Waals surface area contributed by atoms with Crippen LogP contribution in [0.1, 0.15) is 12.6 Å². The Bertz CT molecular complexity index is 352. The summed E-state index contributed by atoms with van der Waals surface area (Å²) >= 11 is 5.82. The Labute approximate surface area is 93.5 Å². The quantitative estimate of drug-likeness (QED) is 0.585. The second-order valence-corrected chi connectivity index (χ2v) is 3.35. The van der Waals surface area contributed by atoms with Crippen LogP contribution in [0.15, 0.2) is 18.3 Å². The van der Waals surface area contributed by atoms with Gasteiger partial charge in [0, 0.05) is 12.3 Å². The maximum absolute atomic E-state index is 10.9. The molecule has 1 aromatic heterocycles. The molecule has 0 saturated carbocycles. The van der Waals surface area contributed by atoms with Gasteiger partial charge in [-0.25, -0.2) is 4.79 Å². The average Bonchev–Trinajstić information content (AvgIpc) is 2.46. The van der Waals surface area contributed by atoms with Gasteiger partial charge in [-0.3, -0.25) is 4.68 Å². The van der Waals surface area contributed by atoms with Gasteiger partial charge in [-0.15, -0.1) is 0 Å². The minimum absolute atomic E-state index is 0.340.